The molecule has 0 spiro atoms. The van der Waals surface area contributed by atoms with Crippen LogP contribution in [0, 0.1) is 0 Å². The molecule has 2 aromatic heterocycles. The van der Waals surface area contributed by atoms with Crippen molar-refractivity contribution in [1.82, 2.24) is 20.1 Å². The monoisotopic (exact) mass is 400 g/mol. The maximum atomic E-state index is 12.8. The molecule has 1 amide bonds. The Hall–Kier alpha value is -2.12. The van der Waals surface area contributed by atoms with Crippen LogP contribution in [0.1, 0.15) is 38.3 Å². The quantitative estimate of drug-likeness (QED) is 0.558. The summed E-state index contributed by atoms with van der Waals surface area (Å²) in [6.07, 6.45) is 1.93. The van der Waals surface area contributed by atoms with Gasteiger partial charge >= 0.3 is 0 Å². The van der Waals surface area contributed by atoms with Gasteiger partial charge in [0.15, 0.2) is 11.0 Å². The van der Waals surface area contributed by atoms with E-state index in [0.29, 0.717) is 0 Å². The highest BCUT2D eigenvalue weighted by Gasteiger charge is 2.22. The zero-order chi connectivity index (χ0) is 19.2. The summed E-state index contributed by atoms with van der Waals surface area (Å²) in [5.41, 5.74) is 1.14. The van der Waals surface area contributed by atoms with Gasteiger partial charge in [-0.25, -0.2) is 0 Å². The highest BCUT2D eigenvalue weighted by atomic mass is 32.2. The lowest BCUT2D eigenvalue weighted by Gasteiger charge is -2.21. The second kappa shape index (κ2) is 9.19. The molecule has 0 aliphatic carbocycles. The Bertz CT molecular complexity index is 862. The summed E-state index contributed by atoms with van der Waals surface area (Å²) in [7, 11) is 1.94. The molecule has 2 atom stereocenters. The highest BCUT2D eigenvalue weighted by Crippen LogP contribution is 2.28. The third kappa shape index (κ3) is 4.78. The first-order chi connectivity index (χ1) is 13.1. The first-order valence-corrected chi connectivity index (χ1v) is 10.8. The molecule has 2 heterocycles. The number of carbonyl (C=O) groups excluding carboxylic acids is 1. The van der Waals surface area contributed by atoms with Gasteiger partial charge < -0.3 is 9.88 Å². The average Bonchev–Trinajstić information content (AvgIpc) is 3.32. The summed E-state index contributed by atoms with van der Waals surface area (Å²) < 4.78 is 1.95. The molecule has 0 aliphatic heterocycles. The second-order valence-corrected chi connectivity index (χ2v) is 8.62. The molecule has 3 rings (SSSR count). The largest absolute Gasteiger partial charge is 0.348 e. The predicted octanol–water partition coefficient (Wildman–Crippen LogP) is 4.68. The van der Waals surface area contributed by atoms with Gasteiger partial charge in [-0.3, -0.25) is 4.79 Å². The summed E-state index contributed by atoms with van der Waals surface area (Å²) in [6, 6.07) is 14.2. The van der Waals surface area contributed by atoms with Crippen molar-refractivity contribution in [3.05, 3.63) is 53.4 Å². The van der Waals surface area contributed by atoms with Gasteiger partial charge in [-0.1, -0.05) is 61.5 Å². The number of nitrogens with one attached hydrogen (secondary N) is 1. The topological polar surface area (TPSA) is 59.8 Å². The van der Waals surface area contributed by atoms with Crippen molar-refractivity contribution in [2.75, 3.05) is 0 Å². The molecule has 0 saturated heterocycles. The maximum Gasteiger partial charge on any atom is 0.233 e. The van der Waals surface area contributed by atoms with Crippen LogP contribution >= 0.6 is 23.1 Å². The number of carbonyl (C=O) groups is 1. The summed E-state index contributed by atoms with van der Waals surface area (Å²) in [4.78, 5) is 13.8. The Morgan fingerprint density at radius 2 is 2.00 bits per heavy atom. The molecule has 0 radical (unpaired) electrons. The Morgan fingerprint density at radius 1 is 1.22 bits per heavy atom. The fourth-order valence-electron chi connectivity index (χ4n) is 2.83. The van der Waals surface area contributed by atoms with Crippen LogP contribution in [0.2, 0.25) is 0 Å². The zero-order valence-electron chi connectivity index (χ0n) is 15.8. The third-order valence-corrected chi connectivity index (χ3v) is 6.32. The van der Waals surface area contributed by atoms with E-state index in [-0.39, 0.29) is 17.2 Å². The molecule has 0 saturated carbocycles. The van der Waals surface area contributed by atoms with Crippen LogP contribution in [0.5, 0.6) is 0 Å². The van der Waals surface area contributed by atoms with E-state index in [1.54, 1.807) is 11.3 Å². The van der Waals surface area contributed by atoms with Gasteiger partial charge in [-0.2, -0.15) is 0 Å². The van der Waals surface area contributed by atoms with E-state index in [9.17, 15) is 4.79 Å². The van der Waals surface area contributed by atoms with Crippen molar-refractivity contribution in [3.63, 3.8) is 0 Å². The van der Waals surface area contributed by atoms with Crippen LogP contribution in [0.3, 0.4) is 0 Å². The molecule has 3 aromatic rings. The number of nitrogens with zero attached hydrogens (tertiary/aromatic N) is 3. The van der Waals surface area contributed by atoms with Crippen molar-refractivity contribution in [2.45, 2.75) is 43.1 Å². The van der Waals surface area contributed by atoms with Crippen molar-refractivity contribution in [3.8, 4) is 10.7 Å². The number of benzene rings is 1. The van der Waals surface area contributed by atoms with Crippen LogP contribution in [-0.2, 0) is 11.8 Å². The van der Waals surface area contributed by atoms with Crippen molar-refractivity contribution >= 4 is 29.0 Å². The number of hydrogen-bond donors (Lipinski definition) is 1. The van der Waals surface area contributed by atoms with E-state index in [1.165, 1.54) is 11.8 Å². The van der Waals surface area contributed by atoms with Crippen molar-refractivity contribution < 1.29 is 4.79 Å². The molecule has 7 heteroatoms. The SMILES string of the molecule is CCCC(NC(=O)C(C)Sc1nnc(-c2cccs2)n1C)c1ccccc1. The molecule has 2 unspecified atom stereocenters. The lowest BCUT2D eigenvalue weighted by molar-refractivity contribution is -0.121. The zero-order valence-corrected chi connectivity index (χ0v) is 17.4. The van der Waals surface area contributed by atoms with Crippen molar-refractivity contribution in [1.29, 1.82) is 0 Å². The van der Waals surface area contributed by atoms with Gasteiger partial charge in [-0.05, 0) is 30.4 Å². The number of aromatic nitrogens is 3. The lowest BCUT2D eigenvalue weighted by Crippen LogP contribution is -2.34. The first-order valence-electron chi connectivity index (χ1n) is 9.05. The van der Waals surface area contributed by atoms with Gasteiger partial charge in [0, 0.05) is 7.05 Å². The van der Waals surface area contributed by atoms with Crippen LogP contribution < -0.4 is 5.32 Å². The average molecular weight is 401 g/mol. The number of thioether (sulfide) groups is 1. The van der Waals surface area contributed by atoms with E-state index in [1.807, 2.05) is 54.3 Å². The van der Waals surface area contributed by atoms with E-state index in [2.05, 4.69) is 34.6 Å². The molecule has 142 valence electrons. The minimum absolute atomic E-state index is 0.0166. The smallest absolute Gasteiger partial charge is 0.233 e. The molecular formula is C20H24N4OS2. The van der Waals surface area contributed by atoms with Gasteiger partial charge in [0.05, 0.1) is 16.2 Å². The molecule has 5 nitrogen and oxygen atoms in total. The number of hydrogen-bond acceptors (Lipinski definition) is 5. The summed E-state index contributed by atoms with van der Waals surface area (Å²) in [5.74, 6) is 0.844. The second-order valence-electron chi connectivity index (χ2n) is 6.36. The van der Waals surface area contributed by atoms with E-state index in [4.69, 9.17) is 0 Å². The molecule has 1 aromatic carbocycles. The summed E-state index contributed by atoms with van der Waals surface area (Å²) >= 11 is 3.06. The predicted molar refractivity (Wildman–Crippen MR) is 112 cm³/mol. The number of rotatable bonds is 8. The van der Waals surface area contributed by atoms with E-state index >= 15 is 0 Å². The third-order valence-electron chi connectivity index (χ3n) is 4.32. The fraction of sp³-hybridized carbons (Fsp3) is 0.350. The van der Waals surface area contributed by atoms with E-state index < -0.39 is 0 Å². The van der Waals surface area contributed by atoms with E-state index in [0.717, 1.165) is 34.3 Å². The molecule has 27 heavy (non-hydrogen) atoms. The van der Waals surface area contributed by atoms with Gasteiger partial charge in [-0.15, -0.1) is 21.5 Å². The molecule has 0 aliphatic rings. The summed E-state index contributed by atoms with van der Waals surface area (Å²) in [5, 5.41) is 14.2. The lowest BCUT2D eigenvalue weighted by atomic mass is 10.0. The molecule has 0 fully saturated rings. The van der Waals surface area contributed by atoms with Crippen molar-refractivity contribution in [2.24, 2.45) is 7.05 Å². The Kier molecular flexibility index (Phi) is 6.68. The molecule has 1 N–H and O–H groups in total. The Morgan fingerprint density at radius 3 is 2.67 bits per heavy atom. The molecule has 0 bridgehead atoms. The first kappa shape index (κ1) is 19.6. The van der Waals surface area contributed by atoms with Crippen LogP contribution in [-0.4, -0.2) is 25.9 Å². The van der Waals surface area contributed by atoms with Gasteiger partial charge in [0.25, 0.3) is 0 Å². The van der Waals surface area contributed by atoms with Crippen LogP contribution in [0.15, 0.2) is 53.0 Å². The highest BCUT2D eigenvalue weighted by molar-refractivity contribution is 8.00. The van der Waals surface area contributed by atoms with Crippen LogP contribution in [0.25, 0.3) is 10.7 Å². The number of thiophene rings is 1. The Labute approximate surface area is 168 Å². The normalized spacial score (nSPS) is 13.3. The maximum absolute atomic E-state index is 12.8. The van der Waals surface area contributed by atoms with Gasteiger partial charge in [0.2, 0.25) is 5.91 Å². The number of amides is 1. The summed E-state index contributed by atoms with van der Waals surface area (Å²) in [6.45, 7) is 4.04. The fourth-order valence-corrected chi connectivity index (χ4v) is 4.40. The minimum Gasteiger partial charge on any atom is -0.348 e. The molecular weight excluding hydrogens is 376 g/mol. The minimum atomic E-state index is -0.257. The van der Waals surface area contributed by atoms with Gasteiger partial charge in [0.1, 0.15) is 0 Å². The van der Waals surface area contributed by atoms with Crippen LogP contribution in [0.4, 0.5) is 0 Å². The Balaban J connectivity index is 1.67. The standard InChI is InChI=1S/C20H24N4OS2/c1-4-9-16(15-10-6-5-7-11-15)21-19(25)14(2)27-20-23-22-18(24(20)3)17-12-8-13-26-17/h5-8,10-14,16H,4,9H2,1-3H3,(H,21,25).